The number of imidazole rings is 1. The lowest BCUT2D eigenvalue weighted by molar-refractivity contribution is -0.117. The molecule has 0 saturated carbocycles. The van der Waals surface area contributed by atoms with Crippen molar-refractivity contribution in [3.63, 3.8) is 0 Å². The molecule has 2 aromatic heterocycles. The fraction of sp³-hybridized carbons (Fsp3) is 0.107. The maximum atomic E-state index is 13.9. The molecule has 0 fully saturated rings. The summed E-state index contributed by atoms with van der Waals surface area (Å²) in [7, 11) is 2.99. The number of ketones is 1. The zero-order valence-electron chi connectivity index (χ0n) is 20.2. The molecule has 5 aromatic rings. The average molecular weight is 530 g/mol. The monoisotopic (exact) mass is 529 g/mol. The fourth-order valence-corrected chi connectivity index (χ4v) is 4.89. The second-order valence-corrected chi connectivity index (χ2v) is 9.09. The van der Waals surface area contributed by atoms with E-state index in [1.807, 2.05) is 18.2 Å². The number of benzene rings is 3. The van der Waals surface area contributed by atoms with Crippen molar-refractivity contribution in [3.8, 4) is 11.5 Å². The molecule has 1 amide bonds. The molecule has 1 unspecified atom stereocenters. The maximum absolute atomic E-state index is 13.9. The van der Waals surface area contributed by atoms with E-state index >= 15 is 0 Å². The summed E-state index contributed by atoms with van der Waals surface area (Å²) in [5.74, 6) is -1.17. The van der Waals surface area contributed by atoms with Crippen molar-refractivity contribution in [1.29, 1.82) is 0 Å². The van der Waals surface area contributed by atoms with Gasteiger partial charge in [0.2, 0.25) is 11.7 Å². The number of aromatic amines is 1. The van der Waals surface area contributed by atoms with Gasteiger partial charge in [-0.05, 0) is 54.1 Å². The quantitative estimate of drug-likeness (QED) is 0.268. The van der Waals surface area contributed by atoms with Crippen LogP contribution >= 0.6 is 11.6 Å². The number of rotatable bonds is 6. The van der Waals surface area contributed by atoms with Crippen molar-refractivity contribution >= 4 is 51.2 Å². The first-order chi connectivity index (χ1) is 18.4. The Bertz CT molecular complexity index is 1750. The number of aliphatic hydroxyl groups excluding tert-OH is 1. The number of aliphatic hydroxyl groups is 1. The molecule has 3 aromatic carbocycles. The highest BCUT2D eigenvalue weighted by Gasteiger charge is 2.47. The van der Waals surface area contributed by atoms with Gasteiger partial charge in [-0.3, -0.25) is 14.5 Å². The first-order valence-corrected chi connectivity index (χ1v) is 11.9. The van der Waals surface area contributed by atoms with Gasteiger partial charge in [0.1, 0.15) is 5.58 Å². The summed E-state index contributed by atoms with van der Waals surface area (Å²) in [6.07, 6.45) is 0. The molecule has 0 spiro atoms. The average Bonchev–Trinajstić information content (AvgIpc) is 3.61. The van der Waals surface area contributed by atoms with Crippen molar-refractivity contribution in [1.82, 2.24) is 9.97 Å². The lowest BCUT2D eigenvalue weighted by Gasteiger charge is -2.25. The van der Waals surface area contributed by atoms with Crippen molar-refractivity contribution in [2.75, 3.05) is 19.1 Å². The van der Waals surface area contributed by atoms with Gasteiger partial charge in [0.15, 0.2) is 23.0 Å². The number of fused-ring (bicyclic) bond motifs is 2. The number of halogens is 1. The van der Waals surface area contributed by atoms with Crippen molar-refractivity contribution < 1.29 is 28.6 Å². The molecule has 3 heterocycles. The number of hydrogen-bond donors (Lipinski definition) is 2. The molecule has 9 nitrogen and oxygen atoms in total. The van der Waals surface area contributed by atoms with Gasteiger partial charge in [-0.25, -0.2) is 4.98 Å². The van der Waals surface area contributed by atoms with E-state index in [0.717, 1.165) is 0 Å². The van der Waals surface area contributed by atoms with Crippen LogP contribution in [0.5, 0.6) is 11.5 Å². The van der Waals surface area contributed by atoms with Gasteiger partial charge >= 0.3 is 0 Å². The van der Waals surface area contributed by atoms with Crippen LogP contribution in [0.1, 0.15) is 22.2 Å². The first-order valence-electron chi connectivity index (χ1n) is 11.6. The molecule has 0 bridgehead atoms. The van der Waals surface area contributed by atoms with E-state index in [1.54, 1.807) is 42.5 Å². The topological polar surface area (TPSA) is 118 Å². The minimum atomic E-state index is -1.05. The summed E-state index contributed by atoms with van der Waals surface area (Å²) in [6.45, 7) is 0. The number of H-pyrrole nitrogens is 1. The van der Waals surface area contributed by atoms with E-state index in [2.05, 4.69) is 9.97 Å². The predicted molar refractivity (Wildman–Crippen MR) is 141 cm³/mol. The number of Topliss-reactive ketones (excluding diaryl/α,β-unsaturated/α-hetero) is 1. The summed E-state index contributed by atoms with van der Waals surface area (Å²) in [4.78, 5) is 36.3. The Hall–Kier alpha value is -4.76. The number of carbonyl (C=O) groups is 2. The minimum absolute atomic E-state index is 0.0476. The first kappa shape index (κ1) is 23.6. The van der Waals surface area contributed by atoms with E-state index in [9.17, 15) is 14.7 Å². The third-order valence-electron chi connectivity index (χ3n) is 6.48. The molecule has 38 heavy (non-hydrogen) atoms. The number of amides is 1. The molecule has 190 valence electrons. The van der Waals surface area contributed by atoms with E-state index in [1.165, 1.54) is 25.2 Å². The van der Waals surface area contributed by atoms with Crippen LogP contribution in [-0.2, 0) is 4.79 Å². The van der Waals surface area contributed by atoms with Crippen LogP contribution in [0, 0.1) is 0 Å². The Morgan fingerprint density at radius 1 is 1.05 bits per heavy atom. The Morgan fingerprint density at radius 3 is 2.61 bits per heavy atom. The van der Waals surface area contributed by atoms with Gasteiger partial charge in [-0.1, -0.05) is 29.8 Å². The summed E-state index contributed by atoms with van der Waals surface area (Å²) in [5.41, 5.74) is 2.08. The molecule has 0 aliphatic carbocycles. The van der Waals surface area contributed by atoms with E-state index < -0.39 is 23.5 Å². The lowest BCUT2D eigenvalue weighted by Crippen LogP contribution is -2.32. The molecule has 6 rings (SSSR count). The van der Waals surface area contributed by atoms with Gasteiger partial charge in [0.05, 0.1) is 36.9 Å². The molecule has 10 heteroatoms. The van der Waals surface area contributed by atoms with Crippen LogP contribution in [-0.4, -0.2) is 41.0 Å². The molecular formula is C28H20ClN3O6. The van der Waals surface area contributed by atoms with Crippen LogP contribution in [0.4, 0.5) is 5.95 Å². The summed E-state index contributed by atoms with van der Waals surface area (Å²) in [5, 5.41) is 12.2. The van der Waals surface area contributed by atoms with Crippen LogP contribution in [0.15, 0.2) is 82.5 Å². The number of hydrogen-bond acceptors (Lipinski definition) is 7. The number of nitrogens with zero attached hydrogens (tertiary/aromatic N) is 2. The molecule has 1 aliphatic heterocycles. The van der Waals surface area contributed by atoms with Crippen LogP contribution in [0.25, 0.3) is 22.0 Å². The highest BCUT2D eigenvalue weighted by Crippen LogP contribution is 2.44. The lowest BCUT2D eigenvalue weighted by atomic mass is 9.94. The normalized spacial score (nSPS) is 15.6. The SMILES string of the molecule is COc1ccc(C2C(C(=O)c3cc4cc(Cl)ccc4o3)=C(O)C(=O)N2c2nc3ccccc3[nH]2)cc1OC. The molecule has 2 N–H and O–H groups in total. The van der Waals surface area contributed by atoms with Gasteiger partial charge in [0, 0.05) is 10.4 Å². The standard InChI is InChI=1S/C28H20ClN3O6/c1-36-20-9-7-14(12-21(20)37-2)24-23(25(33)22-13-15-11-16(29)8-10-19(15)38-22)26(34)27(35)32(24)28-30-17-5-3-4-6-18(17)31-28/h3-13,24,34H,1-2H3,(H,30,31). The number of furan rings is 1. The van der Waals surface area contributed by atoms with Crippen molar-refractivity contribution in [2.45, 2.75) is 6.04 Å². The second-order valence-electron chi connectivity index (χ2n) is 8.65. The molecule has 0 saturated heterocycles. The minimum Gasteiger partial charge on any atom is -0.503 e. The summed E-state index contributed by atoms with van der Waals surface area (Å²) in [6, 6.07) is 17.7. The van der Waals surface area contributed by atoms with Gasteiger partial charge in [-0.15, -0.1) is 0 Å². The Labute approximate surface area is 220 Å². The number of aromatic nitrogens is 2. The Kier molecular flexibility index (Phi) is 5.57. The van der Waals surface area contributed by atoms with Crippen molar-refractivity contribution in [3.05, 3.63) is 94.4 Å². The number of carbonyl (C=O) groups excluding carboxylic acids is 2. The highest BCUT2D eigenvalue weighted by molar-refractivity contribution is 6.31. The van der Waals surface area contributed by atoms with E-state index in [-0.39, 0.29) is 17.3 Å². The zero-order valence-corrected chi connectivity index (χ0v) is 20.9. The molecule has 1 aliphatic rings. The largest absolute Gasteiger partial charge is 0.503 e. The zero-order chi connectivity index (χ0) is 26.6. The van der Waals surface area contributed by atoms with Gasteiger partial charge in [-0.2, -0.15) is 0 Å². The van der Waals surface area contributed by atoms with E-state index in [4.69, 9.17) is 25.5 Å². The number of anilines is 1. The third-order valence-corrected chi connectivity index (χ3v) is 6.72. The maximum Gasteiger partial charge on any atom is 0.296 e. The Morgan fingerprint density at radius 2 is 1.84 bits per heavy atom. The number of para-hydroxylation sites is 2. The highest BCUT2D eigenvalue weighted by atomic mass is 35.5. The van der Waals surface area contributed by atoms with Gasteiger partial charge in [0.25, 0.3) is 5.91 Å². The molecule has 1 atom stereocenters. The third kappa shape index (κ3) is 3.67. The fourth-order valence-electron chi connectivity index (χ4n) is 4.71. The Balaban J connectivity index is 1.53. The summed E-state index contributed by atoms with van der Waals surface area (Å²) < 4.78 is 16.6. The van der Waals surface area contributed by atoms with Gasteiger partial charge < -0.3 is 24.0 Å². The summed E-state index contributed by atoms with van der Waals surface area (Å²) >= 11 is 6.09. The molecule has 0 radical (unpaired) electrons. The number of methoxy groups -OCH3 is 2. The molecular weight excluding hydrogens is 510 g/mol. The number of nitrogens with one attached hydrogen (secondary N) is 1. The van der Waals surface area contributed by atoms with E-state index in [0.29, 0.717) is 44.1 Å². The second kappa shape index (κ2) is 8.97. The number of ether oxygens (including phenoxy) is 2. The predicted octanol–water partition coefficient (Wildman–Crippen LogP) is 5.76. The smallest absolute Gasteiger partial charge is 0.296 e. The van der Waals surface area contributed by atoms with Crippen LogP contribution in [0.3, 0.4) is 0 Å². The van der Waals surface area contributed by atoms with Crippen molar-refractivity contribution in [2.24, 2.45) is 0 Å². The van der Waals surface area contributed by atoms with Crippen LogP contribution < -0.4 is 14.4 Å². The van der Waals surface area contributed by atoms with Crippen LogP contribution in [0.2, 0.25) is 5.02 Å².